The third-order valence-electron chi connectivity index (χ3n) is 5.98. The number of aromatic amines is 1. The highest BCUT2D eigenvalue weighted by atomic mass is 19.1. The minimum Gasteiger partial charge on any atom is -0.495 e. The van der Waals surface area contributed by atoms with Crippen LogP contribution in [0, 0.1) is 18.6 Å². The molecule has 172 valence electrons. The van der Waals surface area contributed by atoms with Gasteiger partial charge in [0, 0.05) is 35.1 Å². The van der Waals surface area contributed by atoms with Gasteiger partial charge in [-0.2, -0.15) is 0 Å². The number of halogens is 2. The first-order valence-corrected chi connectivity index (χ1v) is 10.7. The molecule has 3 aromatic heterocycles. The van der Waals surface area contributed by atoms with Crippen LogP contribution < -0.4 is 10.3 Å². The van der Waals surface area contributed by atoms with Gasteiger partial charge in [0.1, 0.15) is 22.9 Å². The Bertz CT molecular complexity index is 1560. The number of benzene rings is 2. The highest BCUT2D eigenvalue weighted by molar-refractivity contribution is 5.85. The van der Waals surface area contributed by atoms with E-state index in [1.165, 1.54) is 16.7 Å². The molecule has 0 aliphatic heterocycles. The van der Waals surface area contributed by atoms with Crippen molar-refractivity contribution in [3.63, 3.8) is 0 Å². The van der Waals surface area contributed by atoms with Crippen molar-refractivity contribution in [3.05, 3.63) is 100 Å². The predicted molar refractivity (Wildman–Crippen MR) is 127 cm³/mol. The number of pyridine rings is 1. The molecule has 34 heavy (non-hydrogen) atoms. The Labute approximate surface area is 194 Å². The van der Waals surface area contributed by atoms with Gasteiger partial charge in [-0.05, 0) is 55.8 Å². The standard InChI is InChI=1S/C26H22F2N4O2/c1-15-13-31(14-29-15)23-5-4-17(11-24(23)34-3)22-10-18-6-7-32(26(33)25(18)30-22)16(2)19-8-20(27)12-21(28)9-19/h4-14,16,30H,1-3H3. The molecule has 0 saturated heterocycles. The van der Waals surface area contributed by atoms with Crippen molar-refractivity contribution >= 4 is 10.9 Å². The number of nitrogens with one attached hydrogen (secondary N) is 1. The molecule has 3 heterocycles. The Morgan fingerprint density at radius 2 is 1.82 bits per heavy atom. The second-order valence-electron chi connectivity index (χ2n) is 8.23. The highest BCUT2D eigenvalue weighted by Gasteiger charge is 2.16. The number of aryl methyl sites for hydroxylation is 1. The number of hydrogen-bond donors (Lipinski definition) is 1. The number of ether oxygens (including phenoxy) is 1. The van der Waals surface area contributed by atoms with Crippen LogP contribution in [0.1, 0.15) is 24.2 Å². The SMILES string of the molecule is COc1cc(-c2cc3ccn(C(C)c4cc(F)cc(F)c4)c(=O)c3[nH]2)ccc1-n1cnc(C)c1. The Hall–Kier alpha value is -4.20. The molecule has 0 radical (unpaired) electrons. The molecular weight excluding hydrogens is 438 g/mol. The van der Waals surface area contributed by atoms with E-state index in [0.717, 1.165) is 34.1 Å². The smallest absolute Gasteiger partial charge is 0.275 e. The van der Waals surface area contributed by atoms with Crippen molar-refractivity contribution in [1.29, 1.82) is 0 Å². The summed E-state index contributed by atoms with van der Waals surface area (Å²) >= 11 is 0. The molecule has 6 nitrogen and oxygen atoms in total. The monoisotopic (exact) mass is 460 g/mol. The van der Waals surface area contributed by atoms with E-state index in [1.54, 1.807) is 26.6 Å². The van der Waals surface area contributed by atoms with Gasteiger partial charge in [-0.3, -0.25) is 4.79 Å². The van der Waals surface area contributed by atoms with E-state index in [4.69, 9.17) is 4.74 Å². The first-order valence-electron chi connectivity index (χ1n) is 10.7. The number of imidazole rings is 1. The summed E-state index contributed by atoms with van der Waals surface area (Å²) in [5.74, 6) is -0.699. The maximum absolute atomic E-state index is 13.7. The molecule has 0 aliphatic carbocycles. The molecule has 0 aliphatic rings. The molecule has 0 saturated carbocycles. The zero-order valence-electron chi connectivity index (χ0n) is 18.8. The molecule has 0 fully saturated rings. The summed E-state index contributed by atoms with van der Waals surface area (Å²) in [6.45, 7) is 3.65. The Morgan fingerprint density at radius 3 is 2.50 bits per heavy atom. The maximum Gasteiger partial charge on any atom is 0.275 e. The molecule has 0 spiro atoms. The number of hydrogen-bond acceptors (Lipinski definition) is 3. The quantitative estimate of drug-likeness (QED) is 0.383. The summed E-state index contributed by atoms with van der Waals surface area (Å²) in [6.07, 6.45) is 5.28. The van der Waals surface area contributed by atoms with E-state index >= 15 is 0 Å². The van der Waals surface area contributed by atoms with E-state index in [-0.39, 0.29) is 5.56 Å². The normalized spacial score (nSPS) is 12.3. The second-order valence-corrected chi connectivity index (χ2v) is 8.23. The lowest BCUT2D eigenvalue weighted by Gasteiger charge is -2.16. The molecule has 5 aromatic rings. The lowest BCUT2D eigenvalue weighted by molar-refractivity contribution is 0.413. The molecule has 8 heteroatoms. The van der Waals surface area contributed by atoms with Crippen molar-refractivity contribution in [2.75, 3.05) is 7.11 Å². The van der Waals surface area contributed by atoms with Gasteiger partial charge >= 0.3 is 0 Å². The third-order valence-corrected chi connectivity index (χ3v) is 5.98. The van der Waals surface area contributed by atoms with Crippen LogP contribution in [0.5, 0.6) is 5.75 Å². The minimum atomic E-state index is -0.679. The van der Waals surface area contributed by atoms with Gasteiger partial charge in [0.25, 0.3) is 5.56 Å². The highest BCUT2D eigenvalue weighted by Crippen LogP contribution is 2.31. The number of methoxy groups -OCH3 is 1. The summed E-state index contributed by atoms with van der Waals surface area (Å²) in [5, 5.41) is 0.738. The summed E-state index contributed by atoms with van der Waals surface area (Å²) in [4.78, 5) is 20.7. The molecule has 1 N–H and O–H groups in total. The number of nitrogens with zero attached hydrogens (tertiary/aromatic N) is 3. The van der Waals surface area contributed by atoms with E-state index in [1.807, 2.05) is 48.0 Å². The van der Waals surface area contributed by atoms with Gasteiger partial charge in [-0.15, -0.1) is 0 Å². The van der Waals surface area contributed by atoms with Gasteiger partial charge in [0.05, 0.1) is 30.9 Å². The van der Waals surface area contributed by atoms with Crippen LogP contribution in [0.15, 0.2) is 72.0 Å². The van der Waals surface area contributed by atoms with Gasteiger partial charge in [0.2, 0.25) is 0 Å². The molecular formula is C26H22F2N4O2. The summed E-state index contributed by atoms with van der Waals surface area (Å²) < 4.78 is 36.3. The van der Waals surface area contributed by atoms with E-state index in [9.17, 15) is 13.6 Å². The zero-order chi connectivity index (χ0) is 24.0. The van der Waals surface area contributed by atoms with Crippen LogP contribution in [-0.2, 0) is 0 Å². The van der Waals surface area contributed by atoms with Crippen molar-refractivity contribution < 1.29 is 13.5 Å². The topological polar surface area (TPSA) is 64.8 Å². The number of fused-ring (bicyclic) bond motifs is 1. The molecule has 0 bridgehead atoms. The molecule has 5 rings (SSSR count). The average molecular weight is 460 g/mol. The Morgan fingerprint density at radius 1 is 1.06 bits per heavy atom. The van der Waals surface area contributed by atoms with Gasteiger partial charge < -0.3 is 18.9 Å². The molecule has 2 aromatic carbocycles. The minimum absolute atomic E-state index is 0.279. The van der Waals surface area contributed by atoms with E-state index < -0.39 is 17.7 Å². The first kappa shape index (κ1) is 21.6. The van der Waals surface area contributed by atoms with Crippen LogP contribution in [0.25, 0.3) is 27.8 Å². The van der Waals surface area contributed by atoms with Crippen LogP contribution in [-0.4, -0.2) is 26.2 Å². The lowest BCUT2D eigenvalue weighted by atomic mass is 10.1. The average Bonchev–Trinajstić information content (AvgIpc) is 3.45. The summed E-state index contributed by atoms with van der Waals surface area (Å²) in [6, 6.07) is 12.2. The van der Waals surface area contributed by atoms with Gasteiger partial charge in [0.15, 0.2) is 0 Å². The fourth-order valence-electron chi connectivity index (χ4n) is 4.19. The lowest BCUT2D eigenvalue weighted by Crippen LogP contribution is -2.23. The van der Waals surface area contributed by atoms with Crippen LogP contribution in [0.4, 0.5) is 8.78 Å². The molecule has 0 amide bonds. The van der Waals surface area contributed by atoms with Crippen molar-refractivity contribution in [3.8, 4) is 22.7 Å². The van der Waals surface area contributed by atoms with Crippen LogP contribution >= 0.6 is 0 Å². The van der Waals surface area contributed by atoms with Crippen molar-refractivity contribution in [2.45, 2.75) is 19.9 Å². The van der Waals surface area contributed by atoms with Crippen LogP contribution in [0.3, 0.4) is 0 Å². The first-order chi connectivity index (χ1) is 16.3. The fourth-order valence-corrected chi connectivity index (χ4v) is 4.19. The zero-order valence-corrected chi connectivity index (χ0v) is 18.8. The summed E-state index contributed by atoms with van der Waals surface area (Å²) in [7, 11) is 1.60. The van der Waals surface area contributed by atoms with E-state index in [2.05, 4.69) is 9.97 Å². The maximum atomic E-state index is 13.7. The van der Waals surface area contributed by atoms with Crippen LogP contribution in [0.2, 0.25) is 0 Å². The van der Waals surface area contributed by atoms with E-state index in [0.29, 0.717) is 16.8 Å². The largest absolute Gasteiger partial charge is 0.495 e. The molecule has 1 atom stereocenters. The number of rotatable bonds is 5. The Kier molecular flexibility index (Phi) is 5.28. The van der Waals surface area contributed by atoms with Crippen molar-refractivity contribution in [1.82, 2.24) is 19.1 Å². The summed E-state index contributed by atoms with van der Waals surface area (Å²) in [5.41, 5.74) is 3.85. The van der Waals surface area contributed by atoms with Gasteiger partial charge in [-0.25, -0.2) is 13.8 Å². The fraction of sp³-hybridized carbons (Fsp3) is 0.154. The second kappa shape index (κ2) is 8.30. The predicted octanol–water partition coefficient (Wildman–Crippen LogP) is 5.39. The number of H-pyrrole nitrogens is 1. The Balaban J connectivity index is 1.55. The van der Waals surface area contributed by atoms with Crippen molar-refractivity contribution in [2.24, 2.45) is 0 Å². The molecule has 1 unspecified atom stereocenters. The van der Waals surface area contributed by atoms with Gasteiger partial charge in [-0.1, -0.05) is 6.07 Å². The third kappa shape index (κ3) is 3.77. The number of aromatic nitrogens is 4.